The molecule has 1 amide bonds. The van der Waals surface area contributed by atoms with E-state index < -0.39 is 0 Å². The minimum absolute atomic E-state index is 0.0768. The van der Waals surface area contributed by atoms with Gasteiger partial charge in [0.2, 0.25) is 5.91 Å². The number of benzene rings is 1. The summed E-state index contributed by atoms with van der Waals surface area (Å²) in [5.41, 5.74) is 1.88. The van der Waals surface area contributed by atoms with E-state index in [9.17, 15) is 9.59 Å². The Labute approximate surface area is 94.9 Å². The summed E-state index contributed by atoms with van der Waals surface area (Å²) in [5, 5.41) is 2.82. The van der Waals surface area contributed by atoms with E-state index >= 15 is 0 Å². The molecule has 1 aromatic rings. The number of Topliss-reactive ketones (excluding diaryl/α,β-unsaturated/α-hetero) is 1. The number of carbonyl (C=O) groups excluding carboxylic acids is 2. The van der Waals surface area contributed by atoms with E-state index in [1.54, 1.807) is 6.92 Å². The van der Waals surface area contributed by atoms with Crippen molar-refractivity contribution in [3.05, 3.63) is 35.4 Å². The Hall–Kier alpha value is -1.64. The van der Waals surface area contributed by atoms with Gasteiger partial charge in [-0.3, -0.25) is 9.59 Å². The standard InChI is InChI=1S/C13H15NO2/c1-9(15)10-2-4-11(5-3-10)12-6-7-14-13(16)8-12/h2-5,12H,6-8H2,1H3,(H,14,16)/t12-/m1/s1. The molecule has 16 heavy (non-hydrogen) atoms. The van der Waals surface area contributed by atoms with Crippen LogP contribution in [0.15, 0.2) is 24.3 Å². The van der Waals surface area contributed by atoms with Crippen molar-refractivity contribution < 1.29 is 9.59 Å². The average Bonchev–Trinajstić information content (AvgIpc) is 2.29. The third-order valence-electron chi connectivity index (χ3n) is 3.04. The van der Waals surface area contributed by atoms with E-state index in [1.165, 1.54) is 0 Å². The highest BCUT2D eigenvalue weighted by atomic mass is 16.1. The zero-order chi connectivity index (χ0) is 11.5. The molecule has 3 nitrogen and oxygen atoms in total. The molecule has 1 aliphatic rings. The first-order valence-corrected chi connectivity index (χ1v) is 5.54. The van der Waals surface area contributed by atoms with Crippen molar-refractivity contribution in [1.82, 2.24) is 5.32 Å². The van der Waals surface area contributed by atoms with Crippen LogP contribution < -0.4 is 5.32 Å². The zero-order valence-corrected chi connectivity index (χ0v) is 9.32. The molecule has 3 heteroatoms. The predicted molar refractivity (Wildman–Crippen MR) is 61.4 cm³/mol. The van der Waals surface area contributed by atoms with Crippen LogP contribution in [-0.4, -0.2) is 18.2 Å². The molecule has 0 aromatic heterocycles. The summed E-state index contributed by atoms with van der Waals surface area (Å²) in [7, 11) is 0. The van der Waals surface area contributed by atoms with E-state index in [1.807, 2.05) is 24.3 Å². The van der Waals surface area contributed by atoms with Crippen LogP contribution in [0.1, 0.15) is 41.6 Å². The minimum atomic E-state index is 0.0768. The lowest BCUT2D eigenvalue weighted by Crippen LogP contribution is -2.32. The second-order valence-electron chi connectivity index (χ2n) is 4.22. The highest BCUT2D eigenvalue weighted by molar-refractivity contribution is 5.94. The summed E-state index contributed by atoms with van der Waals surface area (Å²) in [6.07, 6.45) is 1.53. The Balaban J connectivity index is 2.14. The van der Waals surface area contributed by atoms with E-state index in [0.29, 0.717) is 12.3 Å². The Bertz CT molecular complexity index is 408. The summed E-state index contributed by atoms with van der Waals surface area (Å²) in [4.78, 5) is 22.4. The Morgan fingerprint density at radius 2 is 2.00 bits per heavy atom. The normalized spacial score (nSPS) is 20.3. The third kappa shape index (κ3) is 2.30. The van der Waals surface area contributed by atoms with Gasteiger partial charge in [0.25, 0.3) is 0 Å². The van der Waals surface area contributed by atoms with Crippen LogP contribution in [0, 0.1) is 0 Å². The fourth-order valence-corrected chi connectivity index (χ4v) is 2.06. The van der Waals surface area contributed by atoms with Gasteiger partial charge < -0.3 is 5.32 Å². The summed E-state index contributed by atoms with van der Waals surface area (Å²) >= 11 is 0. The number of amides is 1. The molecule has 84 valence electrons. The van der Waals surface area contributed by atoms with Gasteiger partial charge in [-0.25, -0.2) is 0 Å². The number of hydrogen-bond donors (Lipinski definition) is 1. The van der Waals surface area contributed by atoms with E-state index in [4.69, 9.17) is 0 Å². The molecule has 0 saturated carbocycles. The largest absolute Gasteiger partial charge is 0.356 e. The Morgan fingerprint density at radius 1 is 1.31 bits per heavy atom. The topological polar surface area (TPSA) is 46.2 Å². The summed E-state index contributed by atoms with van der Waals surface area (Å²) in [5.74, 6) is 0.495. The molecule has 1 N–H and O–H groups in total. The molecular weight excluding hydrogens is 202 g/mol. The number of nitrogens with one attached hydrogen (secondary N) is 1. The highest BCUT2D eigenvalue weighted by Crippen LogP contribution is 2.25. The molecule has 1 aromatic carbocycles. The molecule has 0 radical (unpaired) electrons. The number of ketones is 1. The van der Waals surface area contributed by atoms with Crippen molar-refractivity contribution in [3.8, 4) is 0 Å². The van der Waals surface area contributed by atoms with Gasteiger partial charge >= 0.3 is 0 Å². The van der Waals surface area contributed by atoms with E-state index in [2.05, 4.69) is 5.32 Å². The molecule has 0 bridgehead atoms. The van der Waals surface area contributed by atoms with Gasteiger partial charge in [-0.1, -0.05) is 24.3 Å². The fourth-order valence-electron chi connectivity index (χ4n) is 2.06. The van der Waals surface area contributed by atoms with Gasteiger partial charge in [0.05, 0.1) is 0 Å². The van der Waals surface area contributed by atoms with Crippen LogP contribution in [0.5, 0.6) is 0 Å². The zero-order valence-electron chi connectivity index (χ0n) is 9.32. The molecule has 1 heterocycles. The maximum Gasteiger partial charge on any atom is 0.220 e. The molecule has 1 aliphatic heterocycles. The quantitative estimate of drug-likeness (QED) is 0.769. The van der Waals surface area contributed by atoms with Crippen molar-refractivity contribution in [1.29, 1.82) is 0 Å². The van der Waals surface area contributed by atoms with Gasteiger partial charge in [-0.15, -0.1) is 0 Å². The van der Waals surface area contributed by atoms with E-state index in [0.717, 1.165) is 24.1 Å². The van der Waals surface area contributed by atoms with Crippen LogP contribution in [-0.2, 0) is 4.79 Å². The maximum atomic E-state index is 11.3. The third-order valence-corrected chi connectivity index (χ3v) is 3.04. The number of carbonyl (C=O) groups is 2. The first-order valence-electron chi connectivity index (χ1n) is 5.54. The number of rotatable bonds is 2. The molecule has 0 aliphatic carbocycles. The molecular formula is C13H15NO2. The second-order valence-corrected chi connectivity index (χ2v) is 4.22. The molecule has 0 spiro atoms. The van der Waals surface area contributed by atoms with Crippen LogP contribution in [0.4, 0.5) is 0 Å². The van der Waals surface area contributed by atoms with Crippen LogP contribution in [0.25, 0.3) is 0 Å². The molecule has 2 rings (SSSR count). The molecule has 0 unspecified atom stereocenters. The monoisotopic (exact) mass is 217 g/mol. The lowest BCUT2D eigenvalue weighted by molar-refractivity contribution is -0.122. The van der Waals surface area contributed by atoms with Crippen molar-refractivity contribution >= 4 is 11.7 Å². The van der Waals surface area contributed by atoms with Gasteiger partial charge in [0.15, 0.2) is 5.78 Å². The summed E-state index contributed by atoms with van der Waals surface area (Å²) in [6, 6.07) is 7.59. The van der Waals surface area contributed by atoms with Crippen LogP contribution >= 0.6 is 0 Å². The summed E-state index contributed by atoms with van der Waals surface area (Å²) in [6.45, 7) is 2.31. The number of hydrogen-bond acceptors (Lipinski definition) is 2. The predicted octanol–water partition coefficient (Wildman–Crippen LogP) is 1.88. The number of piperidine rings is 1. The first-order chi connectivity index (χ1) is 7.66. The smallest absolute Gasteiger partial charge is 0.220 e. The summed E-state index contributed by atoms with van der Waals surface area (Å²) < 4.78 is 0. The van der Waals surface area contributed by atoms with Crippen LogP contribution in [0.2, 0.25) is 0 Å². The van der Waals surface area contributed by atoms with Crippen molar-refractivity contribution in [2.75, 3.05) is 6.54 Å². The van der Waals surface area contributed by atoms with Crippen molar-refractivity contribution in [2.45, 2.75) is 25.7 Å². The lowest BCUT2D eigenvalue weighted by atomic mass is 9.89. The fraction of sp³-hybridized carbons (Fsp3) is 0.385. The first kappa shape index (κ1) is 10.9. The van der Waals surface area contributed by atoms with Gasteiger partial charge in [-0.05, 0) is 24.8 Å². The van der Waals surface area contributed by atoms with Gasteiger partial charge in [-0.2, -0.15) is 0 Å². The van der Waals surface area contributed by atoms with E-state index in [-0.39, 0.29) is 11.7 Å². The maximum absolute atomic E-state index is 11.3. The molecule has 1 saturated heterocycles. The molecule has 1 fully saturated rings. The Morgan fingerprint density at radius 3 is 2.56 bits per heavy atom. The Kier molecular flexibility index (Phi) is 3.04. The van der Waals surface area contributed by atoms with Gasteiger partial charge in [0.1, 0.15) is 0 Å². The molecule has 1 atom stereocenters. The lowest BCUT2D eigenvalue weighted by Gasteiger charge is -2.22. The second kappa shape index (κ2) is 4.47. The minimum Gasteiger partial charge on any atom is -0.356 e. The highest BCUT2D eigenvalue weighted by Gasteiger charge is 2.20. The van der Waals surface area contributed by atoms with Crippen LogP contribution in [0.3, 0.4) is 0 Å². The van der Waals surface area contributed by atoms with Gasteiger partial charge in [0, 0.05) is 18.5 Å². The SMILES string of the molecule is CC(=O)c1ccc([C@@H]2CCNC(=O)C2)cc1. The van der Waals surface area contributed by atoms with Crippen molar-refractivity contribution in [3.63, 3.8) is 0 Å². The average molecular weight is 217 g/mol. The van der Waals surface area contributed by atoms with Crippen molar-refractivity contribution in [2.24, 2.45) is 0 Å².